The molecule has 3 N–H and O–H groups in total. The van der Waals surface area contributed by atoms with E-state index in [9.17, 15) is 4.79 Å². The average Bonchev–Trinajstić information content (AvgIpc) is 2.87. The first-order chi connectivity index (χ1) is 9.70. The molecule has 0 spiro atoms. The summed E-state index contributed by atoms with van der Waals surface area (Å²) in [7, 11) is 0. The summed E-state index contributed by atoms with van der Waals surface area (Å²) in [6.07, 6.45) is 2.34. The van der Waals surface area contributed by atoms with E-state index < -0.39 is 0 Å². The van der Waals surface area contributed by atoms with Gasteiger partial charge in [-0.05, 0) is 37.3 Å². The quantitative estimate of drug-likeness (QED) is 0.708. The second kappa shape index (κ2) is 6.77. The zero-order valence-electron chi connectivity index (χ0n) is 11.3. The first kappa shape index (κ1) is 14.1. The van der Waals surface area contributed by atoms with Crippen molar-refractivity contribution in [1.29, 1.82) is 0 Å². The van der Waals surface area contributed by atoms with Gasteiger partial charge in [0.1, 0.15) is 5.75 Å². The molecule has 0 saturated heterocycles. The number of anilines is 1. The zero-order valence-corrected chi connectivity index (χ0v) is 11.3. The van der Waals surface area contributed by atoms with Crippen LogP contribution in [0, 0.1) is 6.92 Å². The number of aromatic nitrogens is 1. The summed E-state index contributed by atoms with van der Waals surface area (Å²) >= 11 is 0. The van der Waals surface area contributed by atoms with Gasteiger partial charge >= 0.3 is 0 Å². The molecule has 0 radical (unpaired) electrons. The number of H-pyrrole nitrogens is 1. The van der Waals surface area contributed by atoms with Crippen LogP contribution in [-0.4, -0.2) is 29.2 Å². The van der Waals surface area contributed by atoms with Crippen molar-refractivity contribution < 1.29 is 14.6 Å². The Kier molecular flexibility index (Phi) is 4.79. The van der Waals surface area contributed by atoms with Gasteiger partial charge in [0.2, 0.25) is 0 Å². The van der Waals surface area contributed by atoms with Crippen molar-refractivity contribution in [2.45, 2.75) is 13.3 Å². The van der Waals surface area contributed by atoms with Gasteiger partial charge in [-0.2, -0.15) is 0 Å². The predicted molar refractivity (Wildman–Crippen MR) is 77.1 cm³/mol. The summed E-state index contributed by atoms with van der Waals surface area (Å²) < 4.78 is 5.42. The van der Waals surface area contributed by atoms with E-state index in [4.69, 9.17) is 9.84 Å². The first-order valence-electron chi connectivity index (χ1n) is 6.50. The molecule has 106 valence electrons. The molecule has 0 aliphatic heterocycles. The fourth-order valence-corrected chi connectivity index (χ4v) is 1.79. The topological polar surface area (TPSA) is 74.4 Å². The number of carbonyl (C=O) groups is 1. The molecule has 0 unspecified atom stereocenters. The molecule has 0 atom stereocenters. The minimum Gasteiger partial charge on any atom is -0.494 e. The maximum atomic E-state index is 12.0. The molecule has 0 aliphatic carbocycles. The van der Waals surface area contributed by atoms with E-state index in [-0.39, 0.29) is 12.5 Å². The van der Waals surface area contributed by atoms with Crippen molar-refractivity contribution >= 4 is 11.6 Å². The van der Waals surface area contributed by atoms with E-state index in [1.165, 1.54) is 0 Å². The molecular formula is C15H18N2O3. The molecule has 1 aromatic carbocycles. The standard InChI is InChI=1S/C15H18N2O3/c1-11-14(7-8-16-11)15(19)17-12-3-5-13(6-4-12)20-10-2-9-18/h3-8,16,18H,2,9-10H2,1H3,(H,17,19). The van der Waals surface area contributed by atoms with Crippen LogP contribution in [0.25, 0.3) is 0 Å². The highest BCUT2D eigenvalue weighted by atomic mass is 16.5. The number of hydrogen-bond acceptors (Lipinski definition) is 3. The van der Waals surface area contributed by atoms with E-state index in [1.807, 2.05) is 6.92 Å². The van der Waals surface area contributed by atoms with Crippen molar-refractivity contribution in [1.82, 2.24) is 4.98 Å². The van der Waals surface area contributed by atoms with Crippen molar-refractivity contribution in [2.75, 3.05) is 18.5 Å². The lowest BCUT2D eigenvalue weighted by molar-refractivity contribution is 0.102. The van der Waals surface area contributed by atoms with Crippen LogP contribution in [-0.2, 0) is 0 Å². The number of aliphatic hydroxyl groups is 1. The molecule has 0 aliphatic rings. The fourth-order valence-electron chi connectivity index (χ4n) is 1.79. The number of hydrogen-bond donors (Lipinski definition) is 3. The fraction of sp³-hybridized carbons (Fsp3) is 0.267. The zero-order chi connectivity index (χ0) is 14.4. The normalized spacial score (nSPS) is 10.3. The molecule has 0 fully saturated rings. The van der Waals surface area contributed by atoms with Crippen LogP contribution in [0.2, 0.25) is 0 Å². The minimum atomic E-state index is -0.141. The van der Waals surface area contributed by atoms with Gasteiger partial charge in [0.25, 0.3) is 5.91 Å². The van der Waals surface area contributed by atoms with E-state index in [0.717, 1.165) is 5.69 Å². The third-order valence-corrected chi connectivity index (χ3v) is 2.88. The van der Waals surface area contributed by atoms with Gasteiger partial charge in [-0.1, -0.05) is 0 Å². The molecule has 5 nitrogen and oxygen atoms in total. The predicted octanol–water partition coefficient (Wildman–Crippen LogP) is 2.34. The number of aromatic amines is 1. The highest BCUT2D eigenvalue weighted by Gasteiger charge is 2.09. The van der Waals surface area contributed by atoms with Gasteiger partial charge in [-0.15, -0.1) is 0 Å². The van der Waals surface area contributed by atoms with E-state index >= 15 is 0 Å². The highest BCUT2D eigenvalue weighted by Crippen LogP contribution is 2.17. The summed E-state index contributed by atoms with van der Waals surface area (Å²) in [5, 5.41) is 11.5. The number of rotatable bonds is 6. The lowest BCUT2D eigenvalue weighted by Gasteiger charge is -2.07. The minimum absolute atomic E-state index is 0.115. The molecule has 2 aromatic rings. The maximum Gasteiger partial charge on any atom is 0.257 e. The van der Waals surface area contributed by atoms with Crippen LogP contribution in [0.5, 0.6) is 5.75 Å². The number of nitrogens with one attached hydrogen (secondary N) is 2. The monoisotopic (exact) mass is 274 g/mol. The summed E-state index contributed by atoms with van der Waals surface area (Å²) in [5.74, 6) is 0.576. The second-order valence-electron chi connectivity index (χ2n) is 4.42. The Bertz CT molecular complexity index is 561. The summed E-state index contributed by atoms with van der Waals surface area (Å²) in [4.78, 5) is 15.0. The number of aryl methyl sites for hydroxylation is 1. The van der Waals surface area contributed by atoms with Gasteiger partial charge in [0, 0.05) is 30.6 Å². The summed E-state index contributed by atoms with van der Waals surface area (Å²) in [6, 6.07) is 8.90. The van der Waals surface area contributed by atoms with Gasteiger partial charge < -0.3 is 20.1 Å². The Labute approximate surface area is 117 Å². The lowest BCUT2D eigenvalue weighted by atomic mass is 10.2. The SMILES string of the molecule is Cc1[nH]ccc1C(=O)Nc1ccc(OCCCO)cc1. The molecule has 5 heteroatoms. The van der Waals surface area contributed by atoms with Crippen LogP contribution in [0.15, 0.2) is 36.5 Å². The highest BCUT2D eigenvalue weighted by molar-refractivity contribution is 6.05. The van der Waals surface area contributed by atoms with E-state index in [2.05, 4.69) is 10.3 Å². The van der Waals surface area contributed by atoms with Gasteiger partial charge in [0.05, 0.1) is 12.2 Å². The Morgan fingerprint density at radius 1 is 1.30 bits per heavy atom. The van der Waals surface area contributed by atoms with Crippen LogP contribution in [0.1, 0.15) is 22.5 Å². The molecule has 1 aromatic heterocycles. The number of benzene rings is 1. The largest absolute Gasteiger partial charge is 0.494 e. The van der Waals surface area contributed by atoms with Crippen molar-refractivity contribution in [3.63, 3.8) is 0 Å². The number of carbonyl (C=O) groups excluding carboxylic acids is 1. The maximum absolute atomic E-state index is 12.0. The first-order valence-corrected chi connectivity index (χ1v) is 6.50. The Morgan fingerprint density at radius 3 is 2.65 bits per heavy atom. The van der Waals surface area contributed by atoms with Gasteiger partial charge in [-0.3, -0.25) is 4.79 Å². The summed E-state index contributed by atoms with van der Waals surface area (Å²) in [5.41, 5.74) is 2.19. The molecular weight excluding hydrogens is 256 g/mol. The van der Waals surface area contributed by atoms with Gasteiger partial charge in [0.15, 0.2) is 0 Å². The Morgan fingerprint density at radius 2 is 2.05 bits per heavy atom. The van der Waals surface area contributed by atoms with Gasteiger partial charge in [-0.25, -0.2) is 0 Å². The van der Waals surface area contributed by atoms with Crippen LogP contribution >= 0.6 is 0 Å². The molecule has 1 amide bonds. The molecule has 20 heavy (non-hydrogen) atoms. The third kappa shape index (κ3) is 3.61. The number of amides is 1. The Balaban J connectivity index is 1.93. The smallest absolute Gasteiger partial charge is 0.257 e. The van der Waals surface area contributed by atoms with Crippen molar-refractivity contribution in [3.05, 3.63) is 47.8 Å². The van der Waals surface area contributed by atoms with Crippen LogP contribution in [0.3, 0.4) is 0 Å². The molecule has 2 rings (SSSR count). The molecule has 0 bridgehead atoms. The summed E-state index contributed by atoms with van der Waals surface area (Å²) in [6.45, 7) is 2.45. The van der Waals surface area contributed by atoms with E-state index in [1.54, 1.807) is 36.5 Å². The average molecular weight is 274 g/mol. The van der Waals surface area contributed by atoms with Crippen molar-refractivity contribution in [2.24, 2.45) is 0 Å². The number of ether oxygens (including phenoxy) is 1. The molecule has 1 heterocycles. The second-order valence-corrected chi connectivity index (χ2v) is 4.42. The van der Waals surface area contributed by atoms with E-state index in [0.29, 0.717) is 30.0 Å². The lowest BCUT2D eigenvalue weighted by Crippen LogP contribution is -2.12. The van der Waals surface area contributed by atoms with Crippen molar-refractivity contribution in [3.8, 4) is 5.75 Å². The van der Waals surface area contributed by atoms with Crippen LogP contribution in [0.4, 0.5) is 5.69 Å². The third-order valence-electron chi connectivity index (χ3n) is 2.88. The Hall–Kier alpha value is -2.27. The number of aliphatic hydroxyl groups excluding tert-OH is 1. The molecule has 0 saturated carbocycles. The van der Waals surface area contributed by atoms with Crippen LogP contribution < -0.4 is 10.1 Å².